The second kappa shape index (κ2) is 6.15. The highest BCUT2D eigenvalue weighted by atomic mass is 14.9. The molecule has 2 heteroatoms. The summed E-state index contributed by atoms with van der Waals surface area (Å²) in [5.41, 5.74) is 1.34. The lowest BCUT2D eigenvalue weighted by molar-refractivity contribution is 0.268. The minimum atomic E-state index is 0.426. The zero-order valence-electron chi connectivity index (χ0n) is 11.0. The molecule has 2 atom stereocenters. The Labute approximate surface area is 105 Å². The monoisotopic (exact) mass is 232 g/mol. The van der Waals surface area contributed by atoms with E-state index in [0.717, 1.165) is 5.92 Å². The highest BCUT2D eigenvalue weighted by Gasteiger charge is 2.21. The molecule has 2 rings (SSSR count). The molecule has 1 aromatic rings. The number of pyridine rings is 1. The molecule has 0 saturated heterocycles. The number of hydrogen-bond acceptors (Lipinski definition) is 2. The van der Waals surface area contributed by atoms with Crippen LogP contribution in [-0.4, -0.2) is 11.0 Å². The largest absolute Gasteiger partial charge is 0.307 e. The van der Waals surface area contributed by atoms with E-state index in [1.165, 1.54) is 37.7 Å². The molecule has 1 fully saturated rings. The van der Waals surface area contributed by atoms with Crippen molar-refractivity contribution >= 4 is 0 Å². The fraction of sp³-hybridized carbons (Fsp3) is 0.667. The van der Waals surface area contributed by atoms with Gasteiger partial charge in [-0.3, -0.25) is 4.98 Å². The highest BCUT2D eigenvalue weighted by Crippen LogP contribution is 2.27. The Morgan fingerprint density at radius 2 is 1.76 bits per heavy atom. The lowest BCUT2D eigenvalue weighted by atomic mass is 9.84. The first kappa shape index (κ1) is 12.6. The standard InChI is InChI=1S/C15H24N2/c1-12(14-6-4-3-5-7-14)17-13(2)15-8-10-16-11-9-15/h8-14,17H,3-7H2,1-2H3/t12-,13?/m1/s1. The molecule has 0 aliphatic heterocycles. The van der Waals surface area contributed by atoms with E-state index in [1.54, 1.807) is 0 Å². The summed E-state index contributed by atoms with van der Waals surface area (Å²) >= 11 is 0. The zero-order chi connectivity index (χ0) is 12.1. The zero-order valence-corrected chi connectivity index (χ0v) is 11.0. The van der Waals surface area contributed by atoms with Crippen LogP contribution < -0.4 is 5.32 Å². The van der Waals surface area contributed by atoms with E-state index in [0.29, 0.717) is 12.1 Å². The highest BCUT2D eigenvalue weighted by molar-refractivity contribution is 5.14. The Morgan fingerprint density at radius 3 is 2.41 bits per heavy atom. The molecule has 1 aromatic heterocycles. The molecule has 0 spiro atoms. The summed E-state index contributed by atoms with van der Waals surface area (Å²) in [4.78, 5) is 4.07. The summed E-state index contributed by atoms with van der Waals surface area (Å²) in [5, 5.41) is 3.74. The lowest BCUT2D eigenvalue weighted by Gasteiger charge is -2.30. The molecule has 0 amide bonds. The first-order chi connectivity index (χ1) is 8.27. The number of aromatic nitrogens is 1. The van der Waals surface area contributed by atoms with E-state index in [9.17, 15) is 0 Å². The molecule has 0 bridgehead atoms. The topological polar surface area (TPSA) is 24.9 Å². The normalized spacial score (nSPS) is 21.1. The Bertz CT molecular complexity index is 317. The summed E-state index contributed by atoms with van der Waals surface area (Å²) in [6.45, 7) is 4.59. The van der Waals surface area contributed by atoms with Crippen LogP contribution in [0.15, 0.2) is 24.5 Å². The second-order valence-corrected chi connectivity index (χ2v) is 5.36. The fourth-order valence-corrected chi connectivity index (χ4v) is 2.91. The van der Waals surface area contributed by atoms with Crippen LogP contribution in [0.1, 0.15) is 57.6 Å². The Morgan fingerprint density at radius 1 is 1.12 bits per heavy atom. The molecular formula is C15H24N2. The van der Waals surface area contributed by atoms with Gasteiger partial charge >= 0.3 is 0 Å². The minimum Gasteiger partial charge on any atom is -0.307 e. The Kier molecular flexibility index (Phi) is 4.55. The maximum absolute atomic E-state index is 4.07. The number of hydrogen-bond donors (Lipinski definition) is 1. The summed E-state index contributed by atoms with van der Waals surface area (Å²) in [6, 6.07) is 5.25. The molecule has 0 radical (unpaired) electrons. The van der Waals surface area contributed by atoms with Crippen LogP contribution in [0.25, 0.3) is 0 Å². The summed E-state index contributed by atoms with van der Waals surface area (Å²) < 4.78 is 0. The maximum atomic E-state index is 4.07. The van der Waals surface area contributed by atoms with Gasteiger partial charge in [0.2, 0.25) is 0 Å². The van der Waals surface area contributed by atoms with Crippen LogP contribution in [0.3, 0.4) is 0 Å². The number of nitrogens with zero attached hydrogens (tertiary/aromatic N) is 1. The van der Waals surface area contributed by atoms with Gasteiger partial charge in [0.05, 0.1) is 0 Å². The van der Waals surface area contributed by atoms with Crippen molar-refractivity contribution in [3.05, 3.63) is 30.1 Å². The second-order valence-electron chi connectivity index (χ2n) is 5.36. The van der Waals surface area contributed by atoms with Crippen molar-refractivity contribution in [2.75, 3.05) is 0 Å². The molecule has 94 valence electrons. The third kappa shape index (κ3) is 3.53. The SMILES string of the molecule is CC(N[C@H](C)C1CCCCC1)c1ccncc1. The van der Waals surface area contributed by atoms with Crippen LogP contribution in [0, 0.1) is 5.92 Å². The quantitative estimate of drug-likeness (QED) is 0.856. The molecule has 1 N–H and O–H groups in total. The smallest absolute Gasteiger partial charge is 0.0295 e. The maximum Gasteiger partial charge on any atom is 0.0295 e. The molecule has 1 unspecified atom stereocenters. The molecule has 0 aromatic carbocycles. The van der Waals surface area contributed by atoms with E-state index in [-0.39, 0.29) is 0 Å². The average molecular weight is 232 g/mol. The summed E-state index contributed by atoms with van der Waals surface area (Å²) in [6.07, 6.45) is 10.8. The number of nitrogens with one attached hydrogen (secondary N) is 1. The molecule has 17 heavy (non-hydrogen) atoms. The summed E-state index contributed by atoms with van der Waals surface area (Å²) in [5.74, 6) is 0.869. The fourth-order valence-electron chi connectivity index (χ4n) is 2.91. The van der Waals surface area contributed by atoms with Crippen LogP contribution in [-0.2, 0) is 0 Å². The first-order valence-electron chi connectivity index (χ1n) is 6.93. The van der Waals surface area contributed by atoms with Gasteiger partial charge in [-0.15, -0.1) is 0 Å². The molecule has 1 heterocycles. The molecular weight excluding hydrogens is 208 g/mol. The van der Waals surface area contributed by atoms with E-state index in [4.69, 9.17) is 0 Å². The van der Waals surface area contributed by atoms with Gasteiger partial charge in [-0.05, 0) is 50.3 Å². The third-order valence-electron chi connectivity index (χ3n) is 4.08. The van der Waals surface area contributed by atoms with Gasteiger partial charge in [0.1, 0.15) is 0 Å². The minimum absolute atomic E-state index is 0.426. The molecule has 1 aliphatic rings. The van der Waals surface area contributed by atoms with Crippen molar-refractivity contribution in [2.45, 2.75) is 58.0 Å². The van der Waals surface area contributed by atoms with Crippen molar-refractivity contribution in [1.82, 2.24) is 10.3 Å². The van der Waals surface area contributed by atoms with E-state index in [2.05, 4.69) is 36.3 Å². The van der Waals surface area contributed by atoms with Gasteiger partial charge < -0.3 is 5.32 Å². The predicted molar refractivity (Wildman–Crippen MR) is 71.8 cm³/mol. The van der Waals surface area contributed by atoms with Gasteiger partial charge in [0.25, 0.3) is 0 Å². The molecule has 2 nitrogen and oxygen atoms in total. The van der Waals surface area contributed by atoms with Gasteiger partial charge in [-0.2, -0.15) is 0 Å². The van der Waals surface area contributed by atoms with Crippen LogP contribution in [0.2, 0.25) is 0 Å². The van der Waals surface area contributed by atoms with Crippen molar-refractivity contribution in [3.63, 3.8) is 0 Å². The van der Waals surface area contributed by atoms with Gasteiger partial charge in [0.15, 0.2) is 0 Å². The summed E-state index contributed by atoms with van der Waals surface area (Å²) in [7, 11) is 0. The van der Waals surface area contributed by atoms with Gasteiger partial charge in [-0.25, -0.2) is 0 Å². The van der Waals surface area contributed by atoms with Gasteiger partial charge in [0, 0.05) is 24.5 Å². The van der Waals surface area contributed by atoms with E-state index < -0.39 is 0 Å². The van der Waals surface area contributed by atoms with Crippen molar-refractivity contribution in [2.24, 2.45) is 5.92 Å². The van der Waals surface area contributed by atoms with Crippen molar-refractivity contribution in [3.8, 4) is 0 Å². The average Bonchev–Trinajstić information content (AvgIpc) is 2.40. The van der Waals surface area contributed by atoms with Crippen LogP contribution >= 0.6 is 0 Å². The molecule has 1 saturated carbocycles. The van der Waals surface area contributed by atoms with Crippen LogP contribution in [0.4, 0.5) is 0 Å². The number of rotatable bonds is 4. The molecule has 1 aliphatic carbocycles. The lowest BCUT2D eigenvalue weighted by Crippen LogP contribution is -2.36. The van der Waals surface area contributed by atoms with Crippen molar-refractivity contribution in [1.29, 1.82) is 0 Å². The Hall–Kier alpha value is -0.890. The van der Waals surface area contributed by atoms with E-state index in [1.807, 2.05) is 12.4 Å². The van der Waals surface area contributed by atoms with Gasteiger partial charge in [-0.1, -0.05) is 19.3 Å². The third-order valence-corrected chi connectivity index (χ3v) is 4.08. The van der Waals surface area contributed by atoms with Crippen LogP contribution in [0.5, 0.6) is 0 Å². The van der Waals surface area contributed by atoms with E-state index >= 15 is 0 Å². The first-order valence-corrected chi connectivity index (χ1v) is 6.93. The Balaban J connectivity index is 1.87. The van der Waals surface area contributed by atoms with Crippen molar-refractivity contribution < 1.29 is 0 Å². The predicted octanol–water partition coefficient (Wildman–Crippen LogP) is 3.70.